The van der Waals surface area contributed by atoms with Crippen molar-refractivity contribution >= 4 is 35.0 Å². The molecule has 0 fully saturated rings. The zero-order valence-electron chi connectivity index (χ0n) is 15.9. The minimum atomic E-state index is -2.33. The van der Waals surface area contributed by atoms with Crippen LogP contribution in [0.2, 0.25) is 5.02 Å². The molecule has 30 heavy (non-hydrogen) atoms. The van der Waals surface area contributed by atoms with Gasteiger partial charge in [-0.25, -0.2) is 22.0 Å². The highest BCUT2D eigenvalue weighted by atomic mass is 35.5. The number of nitrogens with zero attached hydrogens (tertiary/aromatic N) is 2. The third-order valence-electron chi connectivity index (χ3n) is 4.10. The summed E-state index contributed by atoms with van der Waals surface area (Å²) in [4.78, 5) is 12.7. The van der Waals surface area contributed by atoms with Crippen molar-refractivity contribution in [3.63, 3.8) is 0 Å². The lowest BCUT2D eigenvalue weighted by Gasteiger charge is -2.15. The quantitative estimate of drug-likeness (QED) is 0.265. The van der Waals surface area contributed by atoms with Crippen LogP contribution in [0.4, 0.5) is 27.6 Å². The standard InChI is InChI=1S/C20H14ClF5N2O2/c1-8(2)30-13-5-4-11(21)6-10(13)7-12-9(3)27-28(20(12)29)19-17(25)15(23)14(22)16(24)18(19)26/h4-8H,1-3H3/b12-7-. The van der Waals surface area contributed by atoms with Gasteiger partial charge < -0.3 is 4.74 Å². The molecule has 2 aromatic rings. The van der Waals surface area contributed by atoms with Crippen molar-refractivity contribution in [3.8, 4) is 5.75 Å². The van der Waals surface area contributed by atoms with Gasteiger partial charge in [0.2, 0.25) is 5.82 Å². The Labute approximate surface area is 173 Å². The van der Waals surface area contributed by atoms with Crippen LogP contribution in [-0.4, -0.2) is 17.7 Å². The molecule has 0 saturated heterocycles. The van der Waals surface area contributed by atoms with Gasteiger partial charge >= 0.3 is 0 Å². The van der Waals surface area contributed by atoms with E-state index in [0.717, 1.165) is 0 Å². The monoisotopic (exact) mass is 444 g/mol. The first-order chi connectivity index (χ1) is 14.0. The smallest absolute Gasteiger partial charge is 0.280 e. The molecule has 3 rings (SSSR count). The third-order valence-corrected chi connectivity index (χ3v) is 4.33. The van der Waals surface area contributed by atoms with Gasteiger partial charge in [0.25, 0.3) is 5.91 Å². The SMILES string of the molecule is CC1=NN(c2c(F)c(F)c(F)c(F)c2F)C(=O)/C1=C\c1cc(Cl)ccc1OC(C)C. The van der Waals surface area contributed by atoms with Gasteiger partial charge in [-0.05, 0) is 45.0 Å². The van der Waals surface area contributed by atoms with E-state index in [1.807, 2.05) is 0 Å². The molecule has 1 aliphatic rings. The van der Waals surface area contributed by atoms with E-state index in [1.54, 1.807) is 26.0 Å². The number of hydrazone groups is 1. The van der Waals surface area contributed by atoms with Crippen molar-refractivity contribution in [2.24, 2.45) is 5.10 Å². The van der Waals surface area contributed by atoms with E-state index in [9.17, 15) is 26.7 Å². The van der Waals surface area contributed by atoms with Crippen LogP contribution in [0.25, 0.3) is 6.08 Å². The second-order valence-corrected chi connectivity index (χ2v) is 7.06. The number of amides is 1. The van der Waals surface area contributed by atoms with E-state index in [0.29, 0.717) is 16.3 Å². The lowest BCUT2D eigenvalue weighted by atomic mass is 10.1. The molecule has 4 nitrogen and oxygen atoms in total. The summed E-state index contributed by atoms with van der Waals surface area (Å²) in [6, 6.07) is 4.64. The Kier molecular flexibility index (Phi) is 5.85. The lowest BCUT2D eigenvalue weighted by Crippen LogP contribution is -2.25. The maximum atomic E-state index is 14.1. The van der Waals surface area contributed by atoms with E-state index >= 15 is 0 Å². The minimum Gasteiger partial charge on any atom is -0.490 e. The fourth-order valence-electron chi connectivity index (χ4n) is 2.76. The zero-order valence-corrected chi connectivity index (χ0v) is 16.6. The molecule has 158 valence electrons. The molecule has 2 aromatic carbocycles. The summed E-state index contributed by atoms with van der Waals surface area (Å²) >= 11 is 6.00. The first kappa shape index (κ1) is 21.8. The zero-order chi connectivity index (χ0) is 22.3. The number of ether oxygens (including phenoxy) is 1. The molecule has 10 heteroatoms. The van der Waals surface area contributed by atoms with Gasteiger partial charge in [0.05, 0.1) is 17.4 Å². The average Bonchev–Trinajstić information content (AvgIpc) is 2.95. The molecule has 0 unspecified atom stereocenters. The van der Waals surface area contributed by atoms with E-state index in [2.05, 4.69) is 5.10 Å². The van der Waals surface area contributed by atoms with Crippen LogP contribution in [0.3, 0.4) is 0 Å². The first-order valence-electron chi connectivity index (χ1n) is 8.62. The van der Waals surface area contributed by atoms with E-state index in [-0.39, 0.29) is 22.4 Å². The number of benzene rings is 2. The fraction of sp³-hybridized carbons (Fsp3) is 0.200. The number of rotatable bonds is 4. The van der Waals surface area contributed by atoms with Crippen LogP contribution in [-0.2, 0) is 4.79 Å². The van der Waals surface area contributed by atoms with E-state index in [4.69, 9.17) is 16.3 Å². The highest BCUT2D eigenvalue weighted by Crippen LogP contribution is 2.35. The normalized spacial score (nSPS) is 15.4. The van der Waals surface area contributed by atoms with E-state index < -0.39 is 40.7 Å². The Bertz CT molecular complexity index is 1090. The van der Waals surface area contributed by atoms with Crippen LogP contribution in [0.1, 0.15) is 26.3 Å². The minimum absolute atomic E-state index is 0.000543. The van der Waals surface area contributed by atoms with Crippen molar-refractivity contribution in [3.05, 3.63) is 63.4 Å². The maximum Gasteiger partial charge on any atom is 0.280 e. The van der Waals surface area contributed by atoms with Gasteiger partial charge in [-0.2, -0.15) is 10.1 Å². The van der Waals surface area contributed by atoms with Gasteiger partial charge in [0.15, 0.2) is 23.3 Å². The largest absolute Gasteiger partial charge is 0.490 e. The summed E-state index contributed by atoms with van der Waals surface area (Å²) in [7, 11) is 0. The Hall–Kier alpha value is -2.94. The highest BCUT2D eigenvalue weighted by Gasteiger charge is 2.37. The molecular formula is C20H14ClF5N2O2. The highest BCUT2D eigenvalue weighted by molar-refractivity contribution is 6.33. The predicted octanol–water partition coefficient (Wildman–Crippen LogP) is 5.63. The molecule has 0 spiro atoms. The lowest BCUT2D eigenvalue weighted by molar-refractivity contribution is -0.114. The molecule has 0 aromatic heterocycles. The van der Waals surface area contributed by atoms with Gasteiger partial charge in [0, 0.05) is 10.6 Å². The van der Waals surface area contributed by atoms with Crippen LogP contribution < -0.4 is 9.75 Å². The summed E-state index contributed by atoms with van der Waals surface area (Å²) in [6.45, 7) is 4.91. The molecule has 0 atom stereocenters. The number of halogens is 6. The molecule has 0 N–H and O–H groups in total. The van der Waals surface area contributed by atoms with Crippen molar-refractivity contribution in [2.75, 3.05) is 5.01 Å². The van der Waals surface area contributed by atoms with Crippen molar-refractivity contribution in [1.29, 1.82) is 0 Å². The Morgan fingerprint density at radius 2 is 1.60 bits per heavy atom. The van der Waals surface area contributed by atoms with Gasteiger partial charge in [-0.3, -0.25) is 4.79 Å². The van der Waals surface area contributed by atoms with Crippen molar-refractivity contribution in [1.82, 2.24) is 0 Å². The molecule has 0 bridgehead atoms. The average molecular weight is 445 g/mol. The number of hydrogen-bond acceptors (Lipinski definition) is 3. The van der Waals surface area contributed by atoms with Gasteiger partial charge in [-0.1, -0.05) is 11.6 Å². The van der Waals surface area contributed by atoms with Crippen LogP contribution in [0, 0.1) is 29.1 Å². The van der Waals surface area contributed by atoms with Crippen LogP contribution in [0.5, 0.6) is 5.75 Å². The maximum absolute atomic E-state index is 14.1. The second-order valence-electron chi connectivity index (χ2n) is 6.63. The molecule has 1 amide bonds. The molecule has 0 radical (unpaired) electrons. The van der Waals surface area contributed by atoms with Gasteiger partial charge in [-0.15, -0.1) is 0 Å². The van der Waals surface area contributed by atoms with Crippen molar-refractivity contribution < 1.29 is 31.5 Å². The van der Waals surface area contributed by atoms with E-state index in [1.165, 1.54) is 19.1 Å². The second kappa shape index (κ2) is 8.06. The first-order valence-corrected chi connectivity index (χ1v) is 9.00. The summed E-state index contributed by atoms with van der Waals surface area (Å²) in [6.07, 6.45) is 1.11. The summed E-state index contributed by atoms with van der Waals surface area (Å²) in [5.74, 6) is -11.7. The van der Waals surface area contributed by atoms with Gasteiger partial charge in [0.1, 0.15) is 11.4 Å². The summed E-state index contributed by atoms with van der Waals surface area (Å²) in [5, 5.41) is 4.16. The van der Waals surface area contributed by atoms with Crippen molar-refractivity contribution in [2.45, 2.75) is 26.9 Å². The Balaban J connectivity index is 2.10. The molecule has 1 aliphatic heterocycles. The number of anilines is 1. The summed E-state index contributed by atoms with van der Waals surface area (Å²) in [5.41, 5.74) is -1.22. The molecule has 0 saturated carbocycles. The van der Waals surface area contributed by atoms with Crippen LogP contribution >= 0.6 is 11.6 Å². The number of carbonyl (C=O) groups excluding carboxylic acids is 1. The third kappa shape index (κ3) is 3.77. The van der Waals surface area contributed by atoms with Crippen LogP contribution in [0.15, 0.2) is 28.9 Å². The summed E-state index contributed by atoms with van der Waals surface area (Å²) < 4.78 is 74.3. The Morgan fingerprint density at radius 1 is 1.03 bits per heavy atom. The molecular weight excluding hydrogens is 431 g/mol. The topological polar surface area (TPSA) is 41.9 Å². The fourth-order valence-corrected chi connectivity index (χ4v) is 2.94. The Morgan fingerprint density at radius 3 is 2.17 bits per heavy atom. The molecule has 1 heterocycles. The number of hydrogen-bond donors (Lipinski definition) is 0. The predicted molar refractivity (Wildman–Crippen MR) is 102 cm³/mol. The number of carbonyl (C=O) groups is 1. The molecule has 0 aliphatic carbocycles.